The molecule has 3 fully saturated rings. The van der Waals surface area contributed by atoms with Crippen molar-refractivity contribution in [2.75, 3.05) is 106 Å². The Hall–Kier alpha value is -1.38. The molecule has 2 amide bonds. The van der Waals surface area contributed by atoms with Gasteiger partial charge < -0.3 is 48.5 Å². The molecule has 3 heterocycles. The summed E-state index contributed by atoms with van der Waals surface area (Å²) in [7, 11) is 0. The van der Waals surface area contributed by atoms with Crippen molar-refractivity contribution in [3.63, 3.8) is 0 Å². The molecular formula is C20H34N2O10. The largest absolute Gasteiger partial charge is 0.377 e. The van der Waals surface area contributed by atoms with Crippen LogP contribution in [0.4, 0.5) is 0 Å². The fourth-order valence-corrected chi connectivity index (χ4v) is 3.38. The quantitative estimate of drug-likeness (QED) is 0.411. The van der Waals surface area contributed by atoms with Crippen molar-refractivity contribution in [3.8, 4) is 0 Å². The molecule has 3 aliphatic rings. The smallest absolute Gasteiger partial charge is 0.251 e. The highest BCUT2D eigenvalue weighted by molar-refractivity contribution is 6.02. The van der Waals surface area contributed by atoms with E-state index in [9.17, 15) is 9.59 Å². The number of hydrogen-bond donors (Lipinski definition) is 2. The molecule has 2 spiro atoms. The van der Waals surface area contributed by atoms with Gasteiger partial charge in [-0.25, -0.2) is 0 Å². The second kappa shape index (κ2) is 13.4. The summed E-state index contributed by atoms with van der Waals surface area (Å²) in [6, 6.07) is 0. The minimum atomic E-state index is -1.39. The number of nitrogens with one attached hydrogen (secondary N) is 2. The normalized spacial score (nSPS) is 27.4. The molecule has 0 saturated carbocycles. The molecule has 0 radical (unpaired) electrons. The first kappa shape index (κ1) is 25.2. The van der Waals surface area contributed by atoms with Crippen molar-refractivity contribution in [1.82, 2.24) is 10.6 Å². The summed E-state index contributed by atoms with van der Waals surface area (Å²) in [6.45, 7) is 4.03. The number of carbonyl (C=O) groups is 2. The van der Waals surface area contributed by atoms with Gasteiger partial charge >= 0.3 is 0 Å². The molecule has 12 nitrogen and oxygen atoms in total. The Kier molecular flexibility index (Phi) is 10.5. The van der Waals surface area contributed by atoms with Crippen molar-refractivity contribution in [1.29, 1.82) is 0 Å². The van der Waals surface area contributed by atoms with Gasteiger partial charge in [0.1, 0.15) is 0 Å². The van der Waals surface area contributed by atoms with Crippen LogP contribution >= 0.6 is 0 Å². The Balaban J connectivity index is 1.68. The zero-order valence-electron chi connectivity index (χ0n) is 18.4. The van der Waals surface area contributed by atoms with Crippen molar-refractivity contribution in [2.45, 2.75) is 11.1 Å². The third kappa shape index (κ3) is 7.32. The lowest BCUT2D eigenvalue weighted by Gasteiger charge is -2.45. The number of rotatable bonds is 0. The maximum atomic E-state index is 13.3. The van der Waals surface area contributed by atoms with E-state index < -0.39 is 22.9 Å². The first-order valence-electron chi connectivity index (χ1n) is 10.9. The third-order valence-corrected chi connectivity index (χ3v) is 5.20. The summed E-state index contributed by atoms with van der Waals surface area (Å²) < 4.78 is 44.2. The minimum absolute atomic E-state index is 0.0612. The van der Waals surface area contributed by atoms with Crippen molar-refractivity contribution in [2.24, 2.45) is 0 Å². The van der Waals surface area contributed by atoms with Crippen molar-refractivity contribution in [3.05, 3.63) is 0 Å². The zero-order chi connectivity index (χ0) is 22.5. The van der Waals surface area contributed by atoms with E-state index in [2.05, 4.69) is 10.6 Å². The monoisotopic (exact) mass is 462 g/mol. The topological polar surface area (TPSA) is 132 Å². The van der Waals surface area contributed by atoms with Gasteiger partial charge in [0, 0.05) is 0 Å². The van der Waals surface area contributed by atoms with Gasteiger partial charge in [-0.15, -0.1) is 0 Å². The lowest BCUT2D eigenvalue weighted by molar-refractivity contribution is -0.159. The summed E-state index contributed by atoms with van der Waals surface area (Å²) in [5.74, 6) is -0.865. The number of hydrogen-bond acceptors (Lipinski definition) is 10. The molecule has 3 aliphatic heterocycles. The average Bonchev–Trinajstić information content (AvgIpc) is 2.82. The zero-order valence-corrected chi connectivity index (χ0v) is 18.4. The predicted molar refractivity (Wildman–Crippen MR) is 108 cm³/mol. The van der Waals surface area contributed by atoms with E-state index in [0.29, 0.717) is 52.9 Å². The molecule has 0 aromatic rings. The molecule has 3 rings (SSSR count). The Morgan fingerprint density at radius 3 is 0.875 bits per heavy atom. The number of piperazine rings is 1. The van der Waals surface area contributed by atoms with Crippen LogP contribution in [-0.4, -0.2) is 129 Å². The lowest BCUT2D eigenvalue weighted by Crippen LogP contribution is -2.80. The van der Waals surface area contributed by atoms with Crippen LogP contribution < -0.4 is 10.6 Å². The van der Waals surface area contributed by atoms with Crippen LogP contribution in [0.2, 0.25) is 0 Å². The molecular weight excluding hydrogens is 428 g/mol. The van der Waals surface area contributed by atoms with Gasteiger partial charge in [-0.3, -0.25) is 9.59 Å². The third-order valence-electron chi connectivity index (χ3n) is 5.20. The van der Waals surface area contributed by atoms with Gasteiger partial charge in [-0.05, 0) is 0 Å². The molecule has 0 aliphatic carbocycles. The minimum Gasteiger partial charge on any atom is -0.377 e. The SMILES string of the molecule is O=C1NC2(COCCOCCOCCOC2)C(=O)NC12COCCOCCOCCOC2. The molecule has 32 heavy (non-hydrogen) atoms. The highest BCUT2D eigenvalue weighted by Crippen LogP contribution is 2.21. The van der Waals surface area contributed by atoms with E-state index in [1.54, 1.807) is 0 Å². The van der Waals surface area contributed by atoms with Crippen LogP contribution in [0.25, 0.3) is 0 Å². The second-order valence-electron chi connectivity index (χ2n) is 7.73. The van der Waals surface area contributed by atoms with Gasteiger partial charge in [0.2, 0.25) is 0 Å². The second-order valence-corrected chi connectivity index (χ2v) is 7.73. The summed E-state index contributed by atoms with van der Waals surface area (Å²) in [5.41, 5.74) is -2.77. The Bertz CT molecular complexity index is 513. The molecule has 0 aromatic heterocycles. The number of ether oxygens (including phenoxy) is 8. The van der Waals surface area contributed by atoms with Crippen LogP contribution in [0.1, 0.15) is 0 Å². The molecule has 184 valence electrons. The van der Waals surface area contributed by atoms with E-state index in [1.165, 1.54) is 0 Å². The van der Waals surface area contributed by atoms with Crippen molar-refractivity contribution < 1.29 is 47.5 Å². The fraction of sp³-hybridized carbons (Fsp3) is 0.900. The molecule has 0 aromatic carbocycles. The van der Waals surface area contributed by atoms with Crippen LogP contribution in [0.3, 0.4) is 0 Å². The van der Waals surface area contributed by atoms with Gasteiger partial charge in [-0.1, -0.05) is 0 Å². The maximum absolute atomic E-state index is 13.3. The molecule has 0 atom stereocenters. The van der Waals surface area contributed by atoms with Gasteiger partial charge in [0.15, 0.2) is 11.1 Å². The van der Waals surface area contributed by atoms with Crippen LogP contribution in [0.5, 0.6) is 0 Å². The first-order valence-corrected chi connectivity index (χ1v) is 10.9. The maximum Gasteiger partial charge on any atom is 0.251 e. The van der Waals surface area contributed by atoms with Crippen LogP contribution in [0.15, 0.2) is 0 Å². The summed E-state index contributed by atoms with van der Waals surface area (Å²) in [4.78, 5) is 26.6. The van der Waals surface area contributed by atoms with E-state index >= 15 is 0 Å². The fourth-order valence-electron chi connectivity index (χ4n) is 3.38. The Morgan fingerprint density at radius 1 is 0.406 bits per heavy atom. The first-order chi connectivity index (χ1) is 15.7. The summed E-state index contributed by atoms with van der Waals surface area (Å²) >= 11 is 0. The molecule has 2 N–H and O–H groups in total. The van der Waals surface area contributed by atoms with Gasteiger partial charge in [0.25, 0.3) is 11.8 Å². The van der Waals surface area contributed by atoms with E-state index in [-0.39, 0.29) is 52.9 Å². The highest BCUT2D eigenvalue weighted by atomic mass is 16.6. The number of amides is 2. The van der Waals surface area contributed by atoms with Crippen LogP contribution in [-0.2, 0) is 47.5 Å². The van der Waals surface area contributed by atoms with E-state index in [0.717, 1.165) is 0 Å². The molecule has 0 bridgehead atoms. The highest BCUT2D eigenvalue weighted by Gasteiger charge is 2.54. The van der Waals surface area contributed by atoms with Crippen molar-refractivity contribution >= 4 is 11.8 Å². The van der Waals surface area contributed by atoms with E-state index in [4.69, 9.17) is 37.9 Å². The lowest BCUT2D eigenvalue weighted by atomic mass is 9.89. The molecule has 3 saturated heterocycles. The summed E-state index contributed by atoms with van der Waals surface area (Å²) in [6.07, 6.45) is 0. The Morgan fingerprint density at radius 2 is 0.625 bits per heavy atom. The van der Waals surface area contributed by atoms with E-state index in [1.807, 2.05) is 0 Å². The standard InChI is InChI=1S/C20H34N2O10/c23-17-19(13-29-9-5-25-1-2-26-6-10-30-14-19)21-18(24)20(22-17)15-31-11-7-27-3-4-28-8-12-32-16-20/h1-16H2,(H,21,24)(H,22,23). The molecule has 0 unspecified atom stereocenters. The molecule has 12 heteroatoms. The predicted octanol–water partition coefficient (Wildman–Crippen LogP) is -2.13. The summed E-state index contributed by atoms with van der Waals surface area (Å²) in [5, 5.41) is 5.66. The van der Waals surface area contributed by atoms with Gasteiger partial charge in [0.05, 0.1) is 106 Å². The number of carbonyl (C=O) groups excluding carboxylic acids is 2. The average molecular weight is 462 g/mol. The Labute approximate surface area is 187 Å². The van der Waals surface area contributed by atoms with Crippen LogP contribution in [0, 0.1) is 0 Å². The van der Waals surface area contributed by atoms with Gasteiger partial charge in [-0.2, -0.15) is 0 Å².